The van der Waals surface area contributed by atoms with Gasteiger partial charge in [0.2, 0.25) is 5.91 Å². The van der Waals surface area contributed by atoms with E-state index in [9.17, 15) is 4.79 Å². The summed E-state index contributed by atoms with van der Waals surface area (Å²) in [6, 6.07) is 14.0. The highest BCUT2D eigenvalue weighted by Gasteiger charge is 2.17. The maximum atomic E-state index is 12.3. The van der Waals surface area contributed by atoms with Crippen molar-refractivity contribution in [1.29, 1.82) is 0 Å². The van der Waals surface area contributed by atoms with Gasteiger partial charge in [-0.15, -0.1) is 0 Å². The van der Waals surface area contributed by atoms with Crippen molar-refractivity contribution in [2.24, 2.45) is 0 Å². The molecule has 4 rings (SSSR count). The highest BCUT2D eigenvalue weighted by atomic mass is 32.1. The lowest BCUT2D eigenvalue weighted by molar-refractivity contribution is -0.115. The number of thiazole rings is 1. The Bertz CT molecular complexity index is 942. The number of hydrogen-bond donors (Lipinski definition) is 1. The third-order valence-corrected chi connectivity index (χ3v) is 6.00. The van der Waals surface area contributed by atoms with Crippen molar-refractivity contribution in [2.45, 2.75) is 13.3 Å². The fraction of sp³-hybridized carbons (Fsp3) is 0.333. The number of piperazine rings is 1. The lowest BCUT2D eigenvalue weighted by atomic mass is 10.1. The molecule has 1 fully saturated rings. The summed E-state index contributed by atoms with van der Waals surface area (Å²) in [6.07, 6.45) is 0.382. The molecular formula is C21H24N4OS. The van der Waals surface area contributed by atoms with Crippen LogP contribution in [-0.2, 0) is 11.2 Å². The molecule has 6 heteroatoms. The number of fused-ring (bicyclic) bond motifs is 1. The summed E-state index contributed by atoms with van der Waals surface area (Å²) in [4.78, 5) is 21.8. The zero-order valence-electron chi connectivity index (χ0n) is 15.7. The lowest BCUT2D eigenvalue weighted by Gasteiger charge is -2.31. The van der Waals surface area contributed by atoms with Crippen LogP contribution in [0.25, 0.3) is 10.2 Å². The molecule has 1 aliphatic heterocycles. The number of hydrogen-bond acceptors (Lipinski definition) is 5. The molecule has 0 atom stereocenters. The molecule has 2 aromatic carbocycles. The van der Waals surface area contributed by atoms with Crippen molar-refractivity contribution >= 4 is 38.3 Å². The Hall–Kier alpha value is -2.44. The number of amides is 1. The van der Waals surface area contributed by atoms with Crippen molar-refractivity contribution in [3.8, 4) is 0 Å². The molecule has 2 heterocycles. The molecule has 0 aliphatic carbocycles. The second-order valence-corrected chi connectivity index (χ2v) is 8.19. The Morgan fingerprint density at radius 3 is 2.59 bits per heavy atom. The van der Waals surface area contributed by atoms with E-state index in [-0.39, 0.29) is 5.91 Å². The van der Waals surface area contributed by atoms with E-state index in [1.807, 2.05) is 49.4 Å². The summed E-state index contributed by atoms with van der Waals surface area (Å²) in [6.45, 7) is 6.20. The van der Waals surface area contributed by atoms with Gasteiger partial charge in [0, 0.05) is 31.9 Å². The molecule has 1 aromatic heterocycles. The average Bonchev–Trinajstić information content (AvgIpc) is 3.07. The molecule has 0 bridgehead atoms. The van der Waals surface area contributed by atoms with E-state index >= 15 is 0 Å². The Kier molecular flexibility index (Phi) is 5.09. The van der Waals surface area contributed by atoms with Crippen molar-refractivity contribution in [3.05, 3.63) is 53.6 Å². The normalized spacial score (nSPS) is 15.3. The molecule has 140 valence electrons. The van der Waals surface area contributed by atoms with Gasteiger partial charge in [-0.1, -0.05) is 41.2 Å². The van der Waals surface area contributed by atoms with Gasteiger partial charge in [0.05, 0.1) is 16.6 Å². The fourth-order valence-electron chi connectivity index (χ4n) is 3.22. The van der Waals surface area contributed by atoms with Crippen LogP contribution in [-0.4, -0.2) is 49.0 Å². The highest BCUT2D eigenvalue weighted by Crippen LogP contribution is 2.31. The summed E-state index contributed by atoms with van der Waals surface area (Å²) in [7, 11) is 2.15. The quantitative estimate of drug-likeness (QED) is 0.752. The van der Waals surface area contributed by atoms with Gasteiger partial charge in [0.25, 0.3) is 0 Å². The molecule has 27 heavy (non-hydrogen) atoms. The van der Waals surface area contributed by atoms with Crippen molar-refractivity contribution in [3.63, 3.8) is 0 Å². The van der Waals surface area contributed by atoms with Crippen LogP contribution in [0.2, 0.25) is 0 Å². The third kappa shape index (κ3) is 4.28. The minimum absolute atomic E-state index is 0.00186. The van der Waals surface area contributed by atoms with E-state index in [2.05, 4.69) is 22.2 Å². The standard InChI is InChI=1S/C21H24N4OS/c1-15-3-5-16(6-4-15)13-20(26)22-17-7-8-18-19(14-17)27-21(23-18)25-11-9-24(2)10-12-25/h3-8,14H,9-13H2,1-2H3,(H,22,26). The number of benzene rings is 2. The number of anilines is 2. The Morgan fingerprint density at radius 1 is 1.11 bits per heavy atom. The summed E-state index contributed by atoms with van der Waals surface area (Å²) >= 11 is 1.70. The largest absolute Gasteiger partial charge is 0.345 e. The summed E-state index contributed by atoms with van der Waals surface area (Å²) in [5.41, 5.74) is 4.04. The smallest absolute Gasteiger partial charge is 0.228 e. The molecule has 5 nitrogen and oxygen atoms in total. The molecule has 1 N–H and O–H groups in total. The van der Waals surface area contributed by atoms with E-state index < -0.39 is 0 Å². The van der Waals surface area contributed by atoms with Gasteiger partial charge >= 0.3 is 0 Å². The molecule has 1 saturated heterocycles. The van der Waals surface area contributed by atoms with Gasteiger partial charge in [-0.05, 0) is 37.7 Å². The van der Waals surface area contributed by atoms with Crippen LogP contribution in [0.4, 0.5) is 10.8 Å². The number of rotatable bonds is 4. The number of nitrogens with one attached hydrogen (secondary N) is 1. The SMILES string of the molecule is Cc1ccc(CC(=O)Nc2ccc3nc(N4CCN(C)CC4)sc3c2)cc1. The summed E-state index contributed by atoms with van der Waals surface area (Å²) in [5, 5.41) is 4.08. The average molecular weight is 381 g/mol. The predicted molar refractivity (Wildman–Crippen MR) is 113 cm³/mol. The number of aromatic nitrogens is 1. The van der Waals surface area contributed by atoms with Crippen LogP contribution in [0.1, 0.15) is 11.1 Å². The highest BCUT2D eigenvalue weighted by molar-refractivity contribution is 7.22. The second kappa shape index (κ2) is 7.66. The first-order valence-electron chi connectivity index (χ1n) is 9.26. The zero-order chi connectivity index (χ0) is 18.8. The van der Waals surface area contributed by atoms with Crippen molar-refractivity contribution < 1.29 is 4.79 Å². The number of aryl methyl sites for hydroxylation is 1. The van der Waals surface area contributed by atoms with Gasteiger partial charge in [-0.3, -0.25) is 4.79 Å². The van der Waals surface area contributed by atoms with Gasteiger partial charge in [-0.25, -0.2) is 4.98 Å². The fourth-order valence-corrected chi connectivity index (χ4v) is 4.28. The molecule has 3 aromatic rings. The molecule has 0 radical (unpaired) electrons. The maximum Gasteiger partial charge on any atom is 0.228 e. The van der Waals surface area contributed by atoms with Crippen LogP contribution in [0, 0.1) is 6.92 Å². The van der Waals surface area contributed by atoms with E-state index in [1.54, 1.807) is 11.3 Å². The number of likely N-dealkylation sites (N-methyl/N-ethyl adjacent to an activating group) is 1. The summed E-state index contributed by atoms with van der Waals surface area (Å²) < 4.78 is 1.11. The van der Waals surface area contributed by atoms with Crippen LogP contribution in [0.3, 0.4) is 0 Å². The van der Waals surface area contributed by atoms with E-state index in [0.29, 0.717) is 6.42 Å². The topological polar surface area (TPSA) is 48.5 Å². The monoisotopic (exact) mass is 380 g/mol. The molecule has 1 aliphatic rings. The molecule has 0 unspecified atom stereocenters. The van der Waals surface area contributed by atoms with E-state index in [4.69, 9.17) is 4.98 Å². The van der Waals surface area contributed by atoms with Crippen molar-refractivity contribution in [1.82, 2.24) is 9.88 Å². The van der Waals surface area contributed by atoms with Crippen LogP contribution in [0.15, 0.2) is 42.5 Å². The summed E-state index contributed by atoms with van der Waals surface area (Å²) in [5.74, 6) is 0.00186. The maximum absolute atomic E-state index is 12.3. The minimum atomic E-state index is 0.00186. The first-order chi connectivity index (χ1) is 13.1. The minimum Gasteiger partial charge on any atom is -0.345 e. The van der Waals surface area contributed by atoms with Crippen molar-refractivity contribution in [2.75, 3.05) is 43.4 Å². The molecular weight excluding hydrogens is 356 g/mol. The second-order valence-electron chi connectivity index (χ2n) is 7.18. The first kappa shape index (κ1) is 17.9. The van der Waals surface area contributed by atoms with Crippen LogP contribution < -0.4 is 10.2 Å². The van der Waals surface area contributed by atoms with Crippen LogP contribution >= 0.6 is 11.3 Å². The Labute approximate surface area is 163 Å². The lowest BCUT2D eigenvalue weighted by Crippen LogP contribution is -2.44. The Morgan fingerprint density at radius 2 is 1.85 bits per heavy atom. The van der Waals surface area contributed by atoms with E-state index in [1.165, 1.54) is 5.56 Å². The first-order valence-corrected chi connectivity index (χ1v) is 10.1. The number of carbonyl (C=O) groups is 1. The molecule has 0 saturated carbocycles. The predicted octanol–water partition coefficient (Wildman–Crippen LogP) is 3.54. The van der Waals surface area contributed by atoms with Gasteiger partial charge in [0.1, 0.15) is 0 Å². The van der Waals surface area contributed by atoms with E-state index in [0.717, 1.165) is 52.8 Å². The third-order valence-electron chi connectivity index (χ3n) is 4.92. The van der Waals surface area contributed by atoms with Crippen LogP contribution in [0.5, 0.6) is 0 Å². The molecule has 1 amide bonds. The zero-order valence-corrected chi connectivity index (χ0v) is 16.6. The van der Waals surface area contributed by atoms with Gasteiger partial charge in [0.15, 0.2) is 5.13 Å². The van der Waals surface area contributed by atoms with Gasteiger partial charge < -0.3 is 15.1 Å². The number of carbonyl (C=O) groups excluding carboxylic acids is 1. The Balaban J connectivity index is 1.45. The van der Waals surface area contributed by atoms with Gasteiger partial charge in [-0.2, -0.15) is 0 Å². The number of nitrogens with zero attached hydrogens (tertiary/aromatic N) is 3. The molecule has 0 spiro atoms.